The molecule has 0 aliphatic carbocycles. The number of hydrogen-bond acceptors (Lipinski definition) is 5. The topological polar surface area (TPSA) is 82.3 Å². The molecular weight excluding hydrogens is 466 g/mol. The number of aromatic nitrogens is 4. The van der Waals surface area contributed by atoms with Crippen LogP contribution in [-0.2, 0) is 7.05 Å². The second-order valence-electron chi connectivity index (χ2n) is 7.92. The Bertz CT molecular complexity index is 1640. The van der Waals surface area contributed by atoms with Gasteiger partial charge in [-0.1, -0.05) is 35.9 Å². The van der Waals surface area contributed by atoms with E-state index in [1.165, 1.54) is 11.8 Å². The summed E-state index contributed by atoms with van der Waals surface area (Å²) in [6, 6.07) is 17.9. The summed E-state index contributed by atoms with van der Waals surface area (Å²) in [5, 5.41) is 6.20. The van der Waals surface area contributed by atoms with Gasteiger partial charge in [0, 0.05) is 36.1 Å². The van der Waals surface area contributed by atoms with Crippen molar-refractivity contribution in [2.75, 3.05) is 18.6 Å². The Morgan fingerprint density at radius 3 is 2.57 bits per heavy atom. The molecule has 0 saturated heterocycles. The average molecular weight is 488 g/mol. The van der Waals surface area contributed by atoms with Crippen LogP contribution in [0, 0.1) is 0 Å². The van der Waals surface area contributed by atoms with Gasteiger partial charge in [0.15, 0.2) is 5.69 Å². The predicted molar refractivity (Wildman–Crippen MR) is 137 cm³/mol. The number of halogens is 1. The number of pyridine rings is 1. The fourth-order valence-electron chi connectivity index (χ4n) is 4.34. The van der Waals surface area contributed by atoms with Gasteiger partial charge in [0.05, 0.1) is 17.8 Å². The van der Waals surface area contributed by atoms with Gasteiger partial charge in [0.1, 0.15) is 17.1 Å². The Morgan fingerprint density at radius 2 is 1.89 bits per heavy atom. The maximum Gasteiger partial charge on any atom is 0.296 e. The van der Waals surface area contributed by atoms with Crippen LogP contribution in [0.3, 0.4) is 0 Å². The third-order valence-corrected chi connectivity index (χ3v) is 6.30. The van der Waals surface area contributed by atoms with E-state index in [1.54, 1.807) is 46.0 Å². The molecule has 0 N–H and O–H groups in total. The second kappa shape index (κ2) is 8.88. The fourth-order valence-corrected chi connectivity index (χ4v) is 4.59. The summed E-state index contributed by atoms with van der Waals surface area (Å²) in [6.07, 6.45) is 1.63. The van der Waals surface area contributed by atoms with Gasteiger partial charge < -0.3 is 9.30 Å². The zero-order valence-electron chi connectivity index (χ0n) is 19.4. The molecule has 8 nitrogen and oxygen atoms in total. The first kappa shape index (κ1) is 22.6. The molecule has 0 spiro atoms. The smallest absolute Gasteiger partial charge is 0.296 e. The number of carbonyl (C=O) groups excluding carboxylic acids is 1. The van der Waals surface area contributed by atoms with Crippen LogP contribution >= 0.6 is 11.6 Å². The molecule has 0 aliphatic heterocycles. The van der Waals surface area contributed by atoms with Crippen molar-refractivity contribution < 1.29 is 9.53 Å². The molecule has 5 aromatic rings. The van der Waals surface area contributed by atoms with Crippen molar-refractivity contribution in [2.45, 2.75) is 6.92 Å². The molecule has 3 aromatic heterocycles. The highest BCUT2D eigenvalue weighted by Crippen LogP contribution is 2.31. The standard InChI is InChI=1S/C26H22ClN5O3/c1-4-31(21-11-7-8-14-28-21)25(33)23-22-17-9-5-6-10-19(17)30(2)24(22)26(34)32(29-23)16-12-13-20(35-3)18(27)15-16/h5-15H,4H2,1-3H3. The molecule has 0 radical (unpaired) electrons. The number of carbonyl (C=O) groups is 1. The van der Waals surface area contributed by atoms with Crippen LogP contribution in [0.4, 0.5) is 5.82 Å². The van der Waals surface area contributed by atoms with E-state index in [4.69, 9.17) is 16.3 Å². The van der Waals surface area contributed by atoms with Crippen molar-refractivity contribution in [3.05, 3.63) is 87.9 Å². The summed E-state index contributed by atoms with van der Waals surface area (Å²) >= 11 is 6.34. The molecule has 0 bridgehead atoms. The summed E-state index contributed by atoms with van der Waals surface area (Å²) in [4.78, 5) is 33.6. The Kier molecular flexibility index (Phi) is 5.74. The molecule has 35 heavy (non-hydrogen) atoms. The van der Waals surface area contributed by atoms with Crippen LogP contribution < -0.4 is 15.2 Å². The van der Waals surface area contributed by atoms with Crippen molar-refractivity contribution in [3.63, 3.8) is 0 Å². The quantitative estimate of drug-likeness (QED) is 0.362. The minimum atomic E-state index is -0.364. The van der Waals surface area contributed by atoms with Crippen molar-refractivity contribution in [2.24, 2.45) is 7.05 Å². The van der Waals surface area contributed by atoms with Crippen LogP contribution in [0.1, 0.15) is 17.4 Å². The van der Waals surface area contributed by atoms with E-state index in [9.17, 15) is 9.59 Å². The molecule has 176 valence electrons. The molecule has 0 fully saturated rings. The molecule has 1 amide bonds. The third-order valence-electron chi connectivity index (χ3n) is 6.01. The zero-order chi connectivity index (χ0) is 24.7. The number of para-hydroxylation sites is 1. The number of fused-ring (bicyclic) bond motifs is 3. The monoisotopic (exact) mass is 487 g/mol. The van der Waals surface area contributed by atoms with Crippen LogP contribution in [0.15, 0.2) is 71.7 Å². The second-order valence-corrected chi connectivity index (χ2v) is 8.33. The Morgan fingerprint density at radius 1 is 1.11 bits per heavy atom. The molecule has 0 unspecified atom stereocenters. The average Bonchev–Trinajstić information content (AvgIpc) is 3.18. The molecule has 0 aliphatic rings. The van der Waals surface area contributed by atoms with E-state index >= 15 is 0 Å². The largest absolute Gasteiger partial charge is 0.495 e. The van der Waals surface area contributed by atoms with Gasteiger partial charge in [-0.3, -0.25) is 14.5 Å². The van der Waals surface area contributed by atoms with Gasteiger partial charge in [-0.2, -0.15) is 9.78 Å². The number of anilines is 1. The lowest BCUT2D eigenvalue weighted by molar-refractivity contribution is 0.0983. The first-order valence-electron chi connectivity index (χ1n) is 11.0. The molecule has 0 atom stereocenters. The Hall–Kier alpha value is -4.17. The van der Waals surface area contributed by atoms with E-state index in [-0.39, 0.29) is 17.2 Å². The number of aryl methyl sites for hydroxylation is 1. The molecule has 3 heterocycles. The number of nitrogens with zero attached hydrogens (tertiary/aromatic N) is 5. The highest BCUT2D eigenvalue weighted by molar-refractivity contribution is 6.32. The van der Waals surface area contributed by atoms with E-state index in [0.29, 0.717) is 39.7 Å². The van der Waals surface area contributed by atoms with Crippen molar-refractivity contribution in [1.29, 1.82) is 0 Å². The van der Waals surface area contributed by atoms with E-state index < -0.39 is 0 Å². The number of methoxy groups -OCH3 is 1. The lowest BCUT2D eigenvalue weighted by atomic mass is 10.1. The first-order chi connectivity index (χ1) is 17.0. The van der Waals surface area contributed by atoms with Gasteiger partial charge in [-0.15, -0.1) is 0 Å². The molecule has 2 aromatic carbocycles. The van der Waals surface area contributed by atoms with E-state index in [1.807, 2.05) is 44.3 Å². The molecular formula is C26H22ClN5O3. The van der Waals surface area contributed by atoms with Crippen molar-refractivity contribution in [3.8, 4) is 11.4 Å². The molecule has 9 heteroatoms. The lowest BCUT2D eigenvalue weighted by Gasteiger charge is -2.20. The summed E-state index contributed by atoms with van der Waals surface area (Å²) in [5.74, 6) is 0.610. The first-order valence-corrected chi connectivity index (χ1v) is 11.4. The maximum absolute atomic E-state index is 14.0. The third kappa shape index (κ3) is 3.63. The number of ether oxygens (including phenoxy) is 1. The van der Waals surface area contributed by atoms with Gasteiger partial charge in [-0.25, -0.2) is 4.98 Å². The van der Waals surface area contributed by atoms with Crippen molar-refractivity contribution >= 4 is 45.1 Å². The van der Waals surface area contributed by atoms with Gasteiger partial charge >= 0.3 is 0 Å². The van der Waals surface area contributed by atoms with Crippen LogP contribution in [0.25, 0.3) is 27.5 Å². The van der Waals surface area contributed by atoms with E-state index in [0.717, 1.165) is 10.9 Å². The van der Waals surface area contributed by atoms with Gasteiger partial charge in [-0.05, 0) is 43.3 Å². The Balaban J connectivity index is 1.85. The van der Waals surface area contributed by atoms with Crippen LogP contribution in [0.5, 0.6) is 5.75 Å². The predicted octanol–water partition coefficient (Wildman–Crippen LogP) is 4.60. The molecule has 0 saturated carbocycles. The molecule has 5 rings (SSSR count). The number of hydrogen-bond donors (Lipinski definition) is 0. The van der Waals surface area contributed by atoms with Crippen LogP contribution in [-0.4, -0.2) is 38.9 Å². The highest BCUT2D eigenvalue weighted by Gasteiger charge is 2.27. The van der Waals surface area contributed by atoms with E-state index in [2.05, 4.69) is 10.1 Å². The summed E-state index contributed by atoms with van der Waals surface area (Å²) in [7, 11) is 3.32. The summed E-state index contributed by atoms with van der Waals surface area (Å²) in [5.41, 5.74) is 1.39. The Labute approximate surface area is 205 Å². The maximum atomic E-state index is 14.0. The fraction of sp³-hybridized carbons (Fsp3) is 0.154. The SMILES string of the molecule is CCN(C(=O)c1nn(-c2ccc(OC)c(Cl)c2)c(=O)c2c1c1ccccc1n2C)c1ccccn1. The number of rotatable bonds is 5. The normalized spacial score (nSPS) is 11.2. The highest BCUT2D eigenvalue weighted by atomic mass is 35.5. The number of amides is 1. The number of benzene rings is 2. The van der Waals surface area contributed by atoms with Gasteiger partial charge in [0.25, 0.3) is 11.5 Å². The van der Waals surface area contributed by atoms with Gasteiger partial charge in [0.2, 0.25) is 0 Å². The van der Waals surface area contributed by atoms with Crippen LogP contribution in [0.2, 0.25) is 5.02 Å². The van der Waals surface area contributed by atoms with Crippen molar-refractivity contribution in [1.82, 2.24) is 19.3 Å². The summed E-state index contributed by atoms with van der Waals surface area (Å²) < 4.78 is 8.25. The minimum Gasteiger partial charge on any atom is -0.495 e. The minimum absolute atomic E-state index is 0.149. The summed E-state index contributed by atoms with van der Waals surface area (Å²) in [6.45, 7) is 2.24. The lowest BCUT2D eigenvalue weighted by Crippen LogP contribution is -2.34. The zero-order valence-corrected chi connectivity index (χ0v) is 20.2.